The summed E-state index contributed by atoms with van der Waals surface area (Å²) in [6.07, 6.45) is 5.90. The van der Waals surface area contributed by atoms with Gasteiger partial charge in [-0.1, -0.05) is 49.6 Å². The molecule has 5 heteroatoms. The number of hydrogen-bond acceptors (Lipinski definition) is 3. The average molecular weight is 356 g/mol. The van der Waals surface area contributed by atoms with Crippen LogP contribution in [0.4, 0.5) is 0 Å². The molecule has 1 aliphatic rings. The lowest BCUT2D eigenvalue weighted by Crippen LogP contribution is -3.00. The molecule has 0 saturated heterocycles. The number of esters is 1. The van der Waals surface area contributed by atoms with Crippen LogP contribution in [0.5, 0.6) is 0 Å². The van der Waals surface area contributed by atoms with Gasteiger partial charge in [0.25, 0.3) is 0 Å². The summed E-state index contributed by atoms with van der Waals surface area (Å²) >= 11 is 0. The number of halogens is 1. The summed E-state index contributed by atoms with van der Waals surface area (Å²) in [5.74, 6) is 0.119. The molecule has 4 nitrogen and oxygen atoms in total. The van der Waals surface area contributed by atoms with E-state index in [9.17, 15) is 9.90 Å². The van der Waals surface area contributed by atoms with Gasteiger partial charge in [-0.25, -0.2) is 0 Å². The van der Waals surface area contributed by atoms with Crippen molar-refractivity contribution in [1.82, 2.24) is 0 Å². The number of ether oxygens (including phenoxy) is 1. The third-order valence-corrected chi connectivity index (χ3v) is 4.71. The SMILES string of the molecule is CC([NH2+]CCCOC(=O)C1CCCCC1)C(O)c1ccccc1.[Cl-]. The normalized spacial score (nSPS) is 17.6. The van der Waals surface area contributed by atoms with Crippen molar-refractivity contribution in [1.29, 1.82) is 0 Å². The Morgan fingerprint density at radius 2 is 1.92 bits per heavy atom. The summed E-state index contributed by atoms with van der Waals surface area (Å²) in [6.45, 7) is 3.36. The first kappa shape index (κ1) is 20.9. The van der Waals surface area contributed by atoms with Gasteiger partial charge in [-0.3, -0.25) is 4.79 Å². The zero-order valence-electron chi connectivity index (χ0n) is 14.5. The van der Waals surface area contributed by atoms with Gasteiger partial charge in [-0.05, 0) is 25.3 Å². The molecule has 24 heavy (non-hydrogen) atoms. The van der Waals surface area contributed by atoms with Crippen LogP contribution in [-0.2, 0) is 9.53 Å². The van der Waals surface area contributed by atoms with Crippen LogP contribution < -0.4 is 17.7 Å². The molecule has 2 atom stereocenters. The van der Waals surface area contributed by atoms with Crippen molar-refractivity contribution in [2.45, 2.75) is 57.6 Å². The Labute approximate surface area is 151 Å². The van der Waals surface area contributed by atoms with Crippen molar-refractivity contribution in [3.8, 4) is 0 Å². The first-order valence-corrected chi connectivity index (χ1v) is 8.91. The predicted octanol–water partition coefficient (Wildman–Crippen LogP) is -0.810. The molecule has 0 bridgehead atoms. The standard InChI is InChI=1S/C19H29NO3.ClH/c1-15(18(21)16-9-4-2-5-10-16)20-13-8-14-23-19(22)17-11-6-3-7-12-17;/h2,4-5,9-10,15,17-18,20-21H,3,6-8,11-14H2,1H3;1H. The Bertz CT molecular complexity index is 463. The Morgan fingerprint density at radius 1 is 1.25 bits per heavy atom. The van der Waals surface area contributed by atoms with E-state index in [1.807, 2.05) is 37.3 Å². The molecule has 3 N–H and O–H groups in total. The lowest BCUT2D eigenvalue weighted by Gasteiger charge is -2.20. The quantitative estimate of drug-likeness (QED) is 0.473. The molecular formula is C19H30ClNO3. The summed E-state index contributed by atoms with van der Waals surface area (Å²) in [6, 6.07) is 9.81. The van der Waals surface area contributed by atoms with E-state index in [-0.39, 0.29) is 30.3 Å². The monoisotopic (exact) mass is 355 g/mol. The molecular weight excluding hydrogens is 326 g/mol. The maximum atomic E-state index is 11.9. The van der Waals surface area contributed by atoms with E-state index >= 15 is 0 Å². The van der Waals surface area contributed by atoms with E-state index < -0.39 is 6.10 Å². The number of aliphatic hydroxyl groups excluding tert-OH is 1. The first-order chi connectivity index (χ1) is 11.2. The van der Waals surface area contributed by atoms with Gasteiger partial charge < -0.3 is 27.6 Å². The summed E-state index contributed by atoms with van der Waals surface area (Å²) in [7, 11) is 0. The molecule has 1 fully saturated rings. The lowest BCUT2D eigenvalue weighted by atomic mass is 9.89. The molecule has 0 amide bonds. The average Bonchev–Trinajstić information content (AvgIpc) is 2.62. The van der Waals surface area contributed by atoms with Crippen molar-refractivity contribution in [2.75, 3.05) is 13.2 Å². The van der Waals surface area contributed by atoms with Gasteiger partial charge in [0, 0.05) is 6.42 Å². The third-order valence-electron chi connectivity index (χ3n) is 4.71. The fraction of sp³-hybridized carbons (Fsp3) is 0.632. The number of carbonyl (C=O) groups excluding carboxylic acids is 1. The van der Waals surface area contributed by atoms with Crippen LogP contribution in [0.3, 0.4) is 0 Å². The molecule has 1 aromatic carbocycles. The Morgan fingerprint density at radius 3 is 2.58 bits per heavy atom. The number of aliphatic hydroxyl groups is 1. The van der Waals surface area contributed by atoms with Crippen LogP contribution >= 0.6 is 0 Å². The first-order valence-electron chi connectivity index (χ1n) is 8.91. The second kappa shape index (κ2) is 11.5. The molecule has 0 aliphatic heterocycles. The summed E-state index contributed by atoms with van der Waals surface area (Å²) < 4.78 is 5.39. The minimum Gasteiger partial charge on any atom is -1.00 e. The highest BCUT2D eigenvalue weighted by Gasteiger charge is 2.22. The van der Waals surface area contributed by atoms with Crippen molar-refractivity contribution in [2.24, 2.45) is 5.92 Å². The highest BCUT2D eigenvalue weighted by atomic mass is 35.5. The zero-order valence-corrected chi connectivity index (χ0v) is 15.3. The van der Waals surface area contributed by atoms with Gasteiger partial charge in [0.1, 0.15) is 12.1 Å². The van der Waals surface area contributed by atoms with Crippen LogP contribution in [0, 0.1) is 5.92 Å². The van der Waals surface area contributed by atoms with E-state index in [1.165, 1.54) is 6.42 Å². The largest absolute Gasteiger partial charge is 1.00 e. The lowest BCUT2D eigenvalue weighted by molar-refractivity contribution is -0.694. The highest BCUT2D eigenvalue weighted by Crippen LogP contribution is 2.24. The van der Waals surface area contributed by atoms with E-state index in [0.717, 1.165) is 44.2 Å². The molecule has 136 valence electrons. The number of hydrogen-bond donors (Lipinski definition) is 2. The molecule has 0 heterocycles. The van der Waals surface area contributed by atoms with E-state index in [2.05, 4.69) is 5.32 Å². The van der Waals surface area contributed by atoms with E-state index in [0.29, 0.717) is 6.61 Å². The Kier molecular flexibility index (Phi) is 9.99. The number of carbonyl (C=O) groups is 1. The molecule has 0 spiro atoms. The third kappa shape index (κ3) is 6.80. The van der Waals surface area contributed by atoms with Crippen LogP contribution in [-0.4, -0.2) is 30.3 Å². The van der Waals surface area contributed by atoms with Gasteiger partial charge in [-0.15, -0.1) is 0 Å². The number of rotatable bonds is 8. The van der Waals surface area contributed by atoms with Crippen molar-refractivity contribution >= 4 is 5.97 Å². The number of benzene rings is 1. The maximum Gasteiger partial charge on any atom is 0.308 e. The van der Waals surface area contributed by atoms with Crippen molar-refractivity contribution in [3.63, 3.8) is 0 Å². The second-order valence-electron chi connectivity index (χ2n) is 6.59. The van der Waals surface area contributed by atoms with Crippen LogP contribution in [0.2, 0.25) is 0 Å². The maximum absolute atomic E-state index is 11.9. The smallest absolute Gasteiger partial charge is 0.308 e. The Balaban J connectivity index is 0.00000288. The van der Waals surface area contributed by atoms with Gasteiger partial charge in [0.05, 0.1) is 19.1 Å². The van der Waals surface area contributed by atoms with Crippen molar-refractivity contribution < 1.29 is 32.4 Å². The summed E-state index contributed by atoms with van der Waals surface area (Å²) in [5, 5.41) is 12.4. The van der Waals surface area contributed by atoms with Gasteiger partial charge in [-0.2, -0.15) is 0 Å². The van der Waals surface area contributed by atoms with Crippen LogP contribution in [0.25, 0.3) is 0 Å². The van der Waals surface area contributed by atoms with E-state index in [4.69, 9.17) is 4.74 Å². The molecule has 1 aromatic rings. The molecule has 1 saturated carbocycles. The topological polar surface area (TPSA) is 63.1 Å². The predicted molar refractivity (Wildman–Crippen MR) is 89.8 cm³/mol. The number of quaternary nitrogens is 1. The van der Waals surface area contributed by atoms with E-state index in [1.54, 1.807) is 0 Å². The zero-order chi connectivity index (χ0) is 16.5. The van der Waals surface area contributed by atoms with Gasteiger partial charge in [0.2, 0.25) is 0 Å². The minimum absolute atomic E-state index is 0. The van der Waals surface area contributed by atoms with Gasteiger partial charge >= 0.3 is 5.97 Å². The molecule has 0 radical (unpaired) electrons. The summed E-state index contributed by atoms with van der Waals surface area (Å²) in [5.41, 5.74) is 0.944. The second-order valence-corrected chi connectivity index (χ2v) is 6.59. The molecule has 0 aromatic heterocycles. The molecule has 2 unspecified atom stereocenters. The van der Waals surface area contributed by atoms with Gasteiger partial charge in [0.15, 0.2) is 0 Å². The fourth-order valence-corrected chi connectivity index (χ4v) is 3.18. The molecule has 1 aliphatic carbocycles. The highest BCUT2D eigenvalue weighted by molar-refractivity contribution is 5.72. The number of nitrogens with two attached hydrogens (primary N) is 1. The molecule has 2 rings (SSSR count). The van der Waals surface area contributed by atoms with Crippen LogP contribution in [0.1, 0.15) is 57.1 Å². The summed E-state index contributed by atoms with van der Waals surface area (Å²) in [4.78, 5) is 11.9. The van der Waals surface area contributed by atoms with Crippen molar-refractivity contribution in [3.05, 3.63) is 35.9 Å². The fourth-order valence-electron chi connectivity index (χ4n) is 3.18. The Hall–Kier alpha value is -1.10. The minimum atomic E-state index is -0.471. The van der Waals surface area contributed by atoms with Crippen LogP contribution in [0.15, 0.2) is 30.3 Å².